The molecule has 0 aromatic heterocycles. The zero-order chi connectivity index (χ0) is 26.6. The fourth-order valence-corrected chi connectivity index (χ4v) is 4.63. The fourth-order valence-electron chi connectivity index (χ4n) is 4.44. The van der Waals surface area contributed by atoms with E-state index in [1.807, 2.05) is 33.8 Å². The highest BCUT2D eigenvalue weighted by Gasteiger charge is 2.50. The van der Waals surface area contributed by atoms with Crippen LogP contribution in [0.2, 0.25) is 5.02 Å². The van der Waals surface area contributed by atoms with E-state index < -0.39 is 35.0 Å². The summed E-state index contributed by atoms with van der Waals surface area (Å²) in [5, 5.41) is 27.9. The van der Waals surface area contributed by atoms with Gasteiger partial charge in [0, 0.05) is 24.7 Å². The first-order valence-corrected chi connectivity index (χ1v) is 12.6. The van der Waals surface area contributed by atoms with Crippen molar-refractivity contribution in [2.75, 3.05) is 6.54 Å². The lowest BCUT2D eigenvalue weighted by atomic mass is 9.85. The van der Waals surface area contributed by atoms with Crippen molar-refractivity contribution in [2.45, 2.75) is 104 Å². The SMILES string of the molecule is CCC1(C(=O)NCc2cc(Cl)ccc2CNC(=O)OC(C)(C)C)CCCN1C(O)[C@H](O)C(C)(C)C. The van der Waals surface area contributed by atoms with Gasteiger partial charge in [-0.05, 0) is 68.7 Å². The summed E-state index contributed by atoms with van der Waals surface area (Å²) in [6, 6.07) is 5.30. The van der Waals surface area contributed by atoms with Gasteiger partial charge in [0.2, 0.25) is 5.91 Å². The largest absolute Gasteiger partial charge is 0.444 e. The number of alkyl carbamates (subject to hydrolysis) is 1. The molecule has 1 aliphatic rings. The second kappa shape index (κ2) is 11.5. The van der Waals surface area contributed by atoms with Crippen LogP contribution in [-0.4, -0.2) is 57.1 Å². The standard InChI is InChI=1S/C26H42ClN3O5/c1-8-26(12-9-13-30(26)21(32)20(31)24(2,3)4)22(33)28-16-18-14-19(27)11-10-17(18)15-29-23(34)35-25(5,6)7/h10-11,14,20-21,31-32H,8-9,12-13,15-16H2,1-7H3,(H,28,33)(H,29,34)/t20-,21?,26?/m0/s1. The summed E-state index contributed by atoms with van der Waals surface area (Å²) >= 11 is 6.21. The number of aliphatic hydroxyl groups excluding tert-OH is 2. The van der Waals surface area contributed by atoms with Gasteiger partial charge in [-0.1, -0.05) is 45.4 Å². The van der Waals surface area contributed by atoms with Gasteiger partial charge in [0.15, 0.2) is 0 Å². The van der Waals surface area contributed by atoms with Crippen molar-refractivity contribution >= 4 is 23.6 Å². The first-order chi connectivity index (χ1) is 16.1. The molecule has 1 saturated heterocycles. The lowest BCUT2D eigenvalue weighted by Gasteiger charge is -2.43. The number of ether oxygens (including phenoxy) is 1. The average molecular weight is 512 g/mol. The van der Waals surface area contributed by atoms with E-state index in [0.29, 0.717) is 24.4 Å². The number of benzene rings is 1. The molecule has 1 aliphatic heterocycles. The Labute approximate surface area is 214 Å². The normalized spacial score (nSPS) is 20.9. The summed E-state index contributed by atoms with van der Waals surface area (Å²) in [6.07, 6.45) is -0.848. The Hall–Kier alpha value is -1.87. The van der Waals surface area contributed by atoms with Crippen LogP contribution in [0.5, 0.6) is 0 Å². The molecule has 2 rings (SSSR count). The molecule has 35 heavy (non-hydrogen) atoms. The number of hydrogen-bond acceptors (Lipinski definition) is 6. The molecule has 1 aromatic rings. The number of likely N-dealkylation sites (tertiary alicyclic amines) is 1. The van der Waals surface area contributed by atoms with E-state index in [0.717, 1.165) is 17.5 Å². The van der Waals surface area contributed by atoms with Crippen LogP contribution in [0.4, 0.5) is 4.79 Å². The van der Waals surface area contributed by atoms with Gasteiger partial charge in [-0.25, -0.2) is 4.79 Å². The van der Waals surface area contributed by atoms with E-state index in [4.69, 9.17) is 16.3 Å². The number of aliphatic hydroxyl groups is 2. The van der Waals surface area contributed by atoms with Gasteiger partial charge >= 0.3 is 6.09 Å². The highest BCUT2D eigenvalue weighted by atomic mass is 35.5. The molecule has 0 spiro atoms. The second-order valence-corrected chi connectivity index (χ2v) is 11.8. The van der Waals surface area contributed by atoms with Crippen molar-refractivity contribution in [3.63, 3.8) is 0 Å². The van der Waals surface area contributed by atoms with E-state index in [9.17, 15) is 19.8 Å². The van der Waals surface area contributed by atoms with Crippen molar-refractivity contribution < 1.29 is 24.5 Å². The molecule has 4 N–H and O–H groups in total. The smallest absolute Gasteiger partial charge is 0.407 e. The quantitative estimate of drug-likeness (QED) is 0.420. The Morgan fingerprint density at radius 1 is 1.11 bits per heavy atom. The molecule has 9 heteroatoms. The Morgan fingerprint density at radius 2 is 1.74 bits per heavy atom. The van der Waals surface area contributed by atoms with Gasteiger partial charge < -0.3 is 25.6 Å². The van der Waals surface area contributed by atoms with Crippen molar-refractivity contribution in [1.29, 1.82) is 0 Å². The maximum atomic E-state index is 13.5. The van der Waals surface area contributed by atoms with Crippen molar-refractivity contribution in [3.05, 3.63) is 34.3 Å². The summed E-state index contributed by atoms with van der Waals surface area (Å²) < 4.78 is 5.30. The van der Waals surface area contributed by atoms with Crippen LogP contribution in [0.25, 0.3) is 0 Å². The summed E-state index contributed by atoms with van der Waals surface area (Å²) in [5.41, 5.74) is -0.479. The molecular weight excluding hydrogens is 470 g/mol. The van der Waals surface area contributed by atoms with Crippen LogP contribution in [-0.2, 0) is 22.6 Å². The number of carbonyl (C=O) groups is 2. The monoisotopic (exact) mass is 511 g/mol. The van der Waals surface area contributed by atoms with E-state index >= 15 is 0 Å². The average Bonchev–Trinajstić information content (AvgIpc) is 3.19. The van der Waals surface area contributed by atoms with Gasteiger partial charge in [0.25, 0.3) is 0 Å². The number of nitrogens with zero attached hydrogens (tertiary/aromatic N) is 1. The third kappa shape index (κ3) is 7.56. The minimum atomic E-state index is -1.15. The Bertz CT molecular complexity index is 896. The Balaban J connectivity index is 2.15. The summed E-state index contributed by atoms with van der Waals surface area (Å²) in [6.45, 7) is 13.8. The van der Waals surface area contributed by atoms with Crippen molar-refractivity contribution in [1.82, 2.24) is 15.5 Å². The zero-order valence-electron chi connectivity index (χ0n) is 22.1. The van der Waals surface area contributed by atoms with Crippen LogP contribution in [0.15, 0.2) is 18.2 Å². The van der Waals surface area contributed by atoms with E-state index in [1.54, 1.807) is 37.8 Å². The zero-order valence-corrected chi connectivity index (χ0v) is 22.8. The first-order valence-electron chi connectivity index (χ1n) is 12.3. The molecule has 1 fully saturated rings. The first kappa shape index (κ1) is 29.4. The second-order valence-electron chi connectivity index (χ2n) is 11.4. The third-order valence-corrected chi connectivity index (χ3v) is 6.70. The number of hydrogen-bond donors (Lipinski definition) is 4. The third-order valence-electron chi connectivity index (χ3n) is 6.47. The van der Waals surface area contributed by atoms with E-state index in [2.05, 4.69) is 10.6 Å². The highest BCUT2D eigenvalue weighted by Crippen LogP contribution is 2.37. The van der Waals surface area contributed by atoms with Gasteiger partial charge in [0.05, 0.1) is 6.10 Å². The van der Waals surface area contributed by atoms with Crippen LogP contribution in [0, 0.1) is 5.41 Å². The summed E-state index contributed by atoms with van der Waals surface area (Å²) in [4.78, 5) is 27.3. The van der Waals surface area contributed by atoms with E-state index in [-0.39, 0.29) is 19.0 Å². The van der Waals surface area contributed by atoms with Gasteiger partial charge in [-0.15, -0.1) is 0 Å². The lowest BCUT2D eigenvalue weighted by Crippen LogP contribution is -2.61. The number of amides is 2. The number of rotatable bonds is 8. The molecule has 0 aliphatic carbocycles. The summed E-state index contributed by atoms with van der Waals surface area (Å²) in [5.74, 6) is -0.205. The van der Waals surface area contributed by atoms with Crippen LogP contribution in [0.1, 0.15) is 78.9 Å². The number of nitrogens with one attached hydrogen (secondary N) is 2. The molecule has 198 valence electrons. The minimum Gasteiger partial charge on any atom is -0.444 e. The van der Waals surface area contributed by atoms with Crippen LogP contribution >= 0.6 is 11.6 Å². The Kier molecular flexibility index (Phi) is 9.61. The maximum Gasteiger partial charge on any atom is 0.407 e. The Morgan fingerprint density at radius 3 is 2.31 bits per heavy atom. The number of carbonyl (C=O) groups excluding carboxylic acids is 2. The molecule has 8 nitrogen and oxygen atoms in total. The van der Waals surface area contributed by atoms with Crippen molar-refractivity contribution in [2.24, 2.45) is 5.41 Å². The molecule has 2 unspecified atom stereocenters. The number of halogens is 1. The maximum absolute atomic E-state index is 13.5. The highest BCUT2D eigenvalue weighted by molar-refractivity contribution is 6.30. The molecule has 2 amide bonds. The predicted octanol–water partition coefficient (Wildman–Crippen LogP) is 3.95. The molecule has 0 bridgehead atoms. The summed E-state index contributed by atoms with van der Waals surface area (Å²) in [7, 11) is 0. The molecule has 3 atom stereocenters. The van der Waals surface area contributed by atoms with Gasteiger partial charge in [-0.3, -0.25) is 9.69 Å². The van der Waals surface area contributed by atoms with Crippen molar-refractivity contribution in [3.8, 4) is 0 Å². The molecule has 0 radical (unpaired) electrons. The van der Waals surface area contributed by atoms with Gasteiger partial charge in [0.1, 0.15) is 17.4 Å². The molecule has 1 aromatic carbocycles. The van der Waals surface area contributed by atoms with Crippen LogP contribution in [0.3, 0.4) is 0 Å². The van der Waals surface area contributed by atoms with Gasteiger partial charge in [-0.2, -0.15) is 0 Å². The van der Waals surface area contributed by atoms with E-state index in [1.165, 1.54) is 0 Å². The molecule has 1 heterocycles. The predicted molar refractivity (Wildman–Crippen MR) is 137 cm³/mol. The van der Waals surface area contributed by atoms with Crippen LogP contribution < -0.4 is 10.6 Å². The lowest BCUT2D eigenvalue weighted by molar-refractivity contribution is -0.161. The topological polar surface area (TPSA) is 111 Å². The minimum absolute atomic E-state index is 0.205. The molecule has 0 saturated carbocycles. The molecular formula is C26H42ClN3O5. The fraction of sp³-hybridized carbons (Fsp3) is 0.692.